The highest BCUT2D eigenvalue weighted by Crippen LogP contribution is 2.47. The van der Waals surface area contributed by atoms with Crippen molar-refractivity contribution in [2.75, 3.05) is 12.4 Å². The van der Waals surface area contributed by atoms with Crippen molar-refractivity contribution in [2.24, 2.45) is 5.41 Å². The molecule has 0 spiro atoms. The molecular formula is C12H12FNO4. The molecule has 18 heavy (non-hydrogen) atoms. The van der Waals surface area contributed by atoms with Gasteiger partial charge in [-0.25, -0.2) is 4.39 Å². The monoisotopic (exact) mass is 253 g/mol. The van der Waals surface area contributed by atoms with Crippen LogP contribution in [0.5, 0.6) is 5.75 Å². The average Bonchev–Trinajstić information content (AvgIpc) is 3.10. The minimum absolute atomic E-state index is 0.134. The Hall–Kier alpha value is -2.11. The molecule has 0 saturated heterocycles. The van der Waals surface area contributed by atoms with Crippen LogP contribution in [0.1, 0.15) is 12.8 Å². The first-order valence-corrected chi connectivity index (χ1v) is 5.38. The van der Waals surface area contributed by atoms with Gasteiger partial charge in [-0.3, -0.25) is 9.59 Å². The van der Waals surface area contributed by atoms with E-state index in [0.29, 0.717) is 12.8 Å². The maximum atomic E-state index is 13.1. The lowest BCUT2D eigenvalue weighted by atomic mass is 10.1. The molecule has 1 amide bonds. The van der Waals surface area contributed by atoms with Crippen molar-refractivity contribution < 1.29 is 23.8 Å². The van der Waals surface area contributed by atoms with E-state index in [0.717, 1.165) is 6.07 Å². The Morgan fingerprint density at radius 1 is 1.44 bits per heavy atom. The number of hydrogen-bond donors (Lipinski definition) is 2. The van der Waals surface area contributed by atoms with Gasteiger partial charge in [-0.2, -0.15) is 0 Å². The van der Waals surface area contributed by atoms with Crippen molar-refractivity contribution >= 4 is 17.6 Å². The minimum Gasteiger partial charge on any atom is -0.495 e. The van der Waals surface area contributed by atoms with Crippen LogP contribution in [0, 0.1) is 11.2 Å². The van der Waals surface area contributed by atoms with Crippen molar-refractivity contribution in [1.82, 2.24) is 0 Å². The highest BCUT2D eigenvalue weighted by molar-refractivity contribution is 6.11. The van der Waals surface area contributed by atoms with E-state index in [1.165, 1.54) is 19.2 Å². The first kappa shape index (κ1) is 12.3. The molecule has 0 aliphatic heterocycles. The summed E-state index contributed by atoms with van der Waals surface area (Å²) in [6.45, 7) is 0. The predicted octanol–water partition coefficient (Wildman–Crippen LogP) is 1.64. The zero-order valence-corrected chi connectivity index (χ0v) is 9.70. The second-order valence-corrected chi connectivity index (χ2v) is 4.19. The SMILES string of the molecule is COc1ccc(F)cc1NC(=O)C1(C(=O)O)CC1. The van der Waals surface area contributed by atoms with Crippen LogP contribution < -0.4 is 10.1 Å². The van der Waals surface area contributed by atoms with Gasteiger partial charge in [0, 0.05) is 6.07 Å². The summed E-state index contributed by atoms with van der Waals surface area (Å²) in [4.78, 5) is 22.8. The molecule has 1 aromatic carbocycles. The van der Waals surface area contributed by atoms with Crippen molar-refractivity contribution in [3.63, 3.8) is 0 Å². The molecule has 2 rings (SSSR count). The van der Waals surface area contributed by atoms with Crippen LogP contribution in [0.15, 0.2) is 18.2 Å². The smallest absolute Gasteiger partial charge is 0.319 e. The van der Waals surface area contributed by atoms with Gasteiger partial charge in [0.1, 0.15) is 17.0 Å². The molecule has 0 heterocycles. The highest BCUT2D eigenvalue weighted by Gasteiger charge is 2.57. The van der Waals surface area contributed by atoms with Crippen LogP contribution >= 0.6 is 0 Å². The van der Waals surface area contributed by atoms with Crippen molar-refractivity contribution in [2.45, 2.75) is 12.8 Å². The molecule has 1 aliphatic rings. The lowest BCUT2D eigenvalue weighted by Crippen LogP contribution is -2.31. The number of anilines is 1. The highest BCUT2D eigenvalue weighted by atomic mass is 19.1. The number of aliphatic carboxylic acids is 1. The first-order chi connectivity index (χ1) is 8.49. The predicted molar refractivity (Wildman–Crippen MR) is 60.9 cm³/mol. The topological polar surface area (TPSA) is 75.6 Å². The van der Waals surface area contributed by atoms with E-state index >= 15 is 0 Å². The van der Waals surface area contributed by atoms with Crippen molar-refractivity contribution in [3.8, 4) is 5.75 Å². The molecule has 2 N–H and O–H groups in total. The zero-order chi connectivity index (χ0) is 13.3. The number of carbonyl (C=O) groups excluding carboxylic acids is 1. The van der Waals surface area contributed by atoms with E-state index in [1.807, 2.05) is 0 Å². The molecule has 6 heteroatoms. The van der Waals surface area contributed by atoms with Gasteiger partial charge in [0.25, 0.3) is 0 Å². The van der Waals surface area contributed by atoms with Crippen LogP contribution in [0.4, 0.5) is 10.1 Å². The molecule has 0 bridgehead atoms. The van der Waals surface area contributed by atoms with E-state index in [2.05, 4.69) is 5.32 Å². The van der Waals surface area contributed by atoms with Crippen molar-refractivity contribution in [1.29, 1.82) is 0 Å². The van der Waals surface area contributed by atoms with Gasteiger partial charge in [-0.15, -0.1) is 0 Å². The third kappa shape index (κ3) is 2.01. The molecular weight excluding hydrogens is 241 g/mol. The fraction of sp³-hybridized carbons (Fsp3) is 0.333. The summed E-state index contributed by atoms with van der Waals surface area (Å²) < 4.78 is 18.0. The van der Waals surface area contributed by atoms with Crippen LogP contribution in [-0.4, -0.2) is 24.1 Å². The Balaban J connectivity index is 2.22. The number of benzene rings is 1. The van der Waals surface area contributed by atoms with Gasteiger partial charge in [-0.1, -0.05) is 0 Å². The molecule has 5 nitrogen and oxygen atoms in total. The number of nitrogens with one attached hydrogen (secondary N) is 1. The van der Waals surface area contributed by atoms with Gasteiger partial charge >= 0.3 is 5.97 Å². The lowest BCUT2D eigenvalue weighted by molar-refractivity contribution is -0.147. The quantitative estimate of drug-likeness (QED) is 0.800. The summed E-state index contributed by atoms with van der Waals surface area (Å²) in [5.41, 5.74) is -1.23. The molecule has 96 valence electrons. The van der Waals surface area contributed by atoms with E-state index in [-0.39, 0.29) is 11.4 Å². The maximum Gasteiger partial charge on any atom is 0.319 e. The third-order valence-corrected chi connectivity index (χ3v) is 3.00. The van der Waals surface area contributed by atoms with Gasteiger partial charge in [-0.05, 0) is 25.0 Å². The molecule has 1 fully saturated rings. The number of ether oxygens (including phenoxy) is 1. The summed E-state index contributed by atoms with van der Waals surface area (Å²) in [6, 6.07) is 3.65. The van der Waals surface area contributed by atoms with E-state index < -0.39 is 23.1 Å². The van der Waals surface area contributed by atoms with Crippen molar-refractivity contribution in [3.05, 3.63) is 24.0 Å². The number of carboxylic acids is 1. The Labute approximate surface area is 103 Å². The number of halogens is 1. The minimum atomic E-state index is -1.36. The number of carboxylic acid groups (broad SMARTS) is 1. The summed E-state index contributed by atoms with van der Waals surface area (Å²) in [7, 11) is 1.38. The van der Waals surface area contributed by atoms with E-state index in [9.17, 15) is 14.0 Å². The zero-order valence-electron chi connectivity index (χ0n) is 9.70. The summed E-state index contributed by atoms with van der Waals surface area (Å²) in [5, 5.41) is 11.4. The van der Waals surface area contributed by atoms with Gasteiger partial charge in [0.05, 0.1) is 12.8 Å². The molecule has 1 saturated carbocycles. The Kier molecular flexibility index (Phi) is 2.94. The summed E-state index contributed by atoms with van der Waals surface area (Å²) in [6.07, 6.45) is 0.595. The second-order valence-electron chi connectivity index (χ2n) is 4.19. The largest absolute Gasteiger partial charge is 0.495 e. The Bertz CT molecular complexity index is 511. The van der Waals surface area contributed by atoms with E-state index in [1.54, 1.807) is 0 Å². The van der Waals surface area contributed by atoms with Gasteiger partial charge in [0.2, 0.25) is 5.91 Å². The molecule has 0 atom stereocenters. The van der Waals surface area contributed by atoms with Gasteiger partial charge in [0.15, 0.2) is 0 Å². The van der Waals surface area contributed by atoms with Crippen LogP contribution in [0.2, 0.25) is 0 Å². The lowest BCUT2D eigenvalue weighted by Gasteiger charge is -2.13. The Morgan fingerprint density at radius 3 is 2.61 bits per heavy atom. The fourth-order valence-corrected chi connectivity index (χ4v) is 1.68. The first-order valence-electron chi connectivity index (χ1n) is 5.38. The Morgan fingerprint density at radius 2 is 2.11 bits per heavy atom. The number of carbonyl (C=O) groups is 2. The molecule has 1 aromatic rings. The number of hydrogen-bond acceptors (Lipinski definition) is 3. The summed E-state index contributed by atoms with van der Waals surface area (Å²) in [5.74, 6) is -2.05. The number of amides is 1. The second kappa shape index (κ2) is 4.29. The van der Waals surface area contributed by atoms with Crippen LogP contribution in [-0.2, 0) is 9.59 Å². The molecule has 0 unspecified atom stereocenters. The third-order valence-electron chi connectivity index (χ3n) is 3.00. The molecule has 1 aliphatic carbocycles. The van der Waals surface area contributed by atoms with E-state index in [4.69, 9.17) is 9.84 Å². The van der Waals surface area contributed by atoms with Gasteiger partial charge < -0.3 is 15.2 Å². The molecule has 0 aromatic heterocycles. The summed E-state index contributed by atoms with van der Waals surface area (Å²) >= 11 is 0. The maximum absolute atomic E-state index is 13.1. The fourth-order valence-electron chi connectivity index (χ4n) is 1.68. The average molecular weight is 253 g/mol. The normalized spacial score (nSPS) is 15.9. The number of methoxy groups -OCH3 is 1. The van der Waals surface area contributed by atoms with Crippen LogP contribution in [0.25, 0.3) is 0 Å². The molecule has 0 radical (unpaired) electrons. The van der Waals surface area contributed by atoms with Crippen LogP contribution in [0.3, 0.4) is 0 Å². The standard InChI is InChI=1S/C12H12FNO4/c1-18-9-3-2-7(13)6-8(9)14-10(15)12(4-5-12)11(16)17/h2-3,6H,4-5H2,1H3,(H,14,15)(H,16,17). The number of rotatable bonds is 4.